The molecule has 0 saturated carbocycles. The van der Waals surface area contributed by atoms with E-state index in [1.54, 1.807) is 0 Å². The summed E-state index contributed by atoms with van der Waals surface area (Å²) in [5.41, 5.74) is 2.38. The summed E-state index contributed by atoms with van der Waals surface area (Å²) in [7, 11) is 0. The highest BCUT2D eigenvalue weighted by atomic mass is 35.5. The van der Waals surface area contributed by atoms with Gasteiger partial charge in [-0.05, 0) is 17.7 Å². The summed E-state index contributed by atoms with van der Waals surface area (Å²) in [5.74, 6) is 4.50. The molecule has 0 fully saturated rings. The van der Waals surface area contributed by atoms with Gasteiger partial charge in [0.15, 0.2) is 0 Å². The molecule has 1 aromatic carbocycles. The molecule has 2 aromatic rings. The van der Waals surface area contributed by atoms with E-state index < -0.39 is 10.7 Å². The number of nitrogen functional groups attached to an aromatic ring is 1. The quantitative estimate of drug-likeness (QED) is 0.439. The highest BCUT2D eigenvalue weighted by Gasteiger charge is 2.22. The van der Waals surface area contributed by atoms with Crippen molar-refractivity contribution >= 4 is 28.9 Å². The fourth-order valence-corrected chi connectivity index (χ4v) is 1.83. The van der Waals surface area contributed by atoms with E-state index in [0.29, 0.717) is 5.56 Å². The number of anilines is 2. The van der Waals surface area contributed by atoms with Crippen molar-refractivity contribution in [3.8, 4) is 0 Å². The fourth-order valence-electron chi connectivity index (χ4n) is 1.62. The topological polar surface area (TPSA) is 119 Å². The first-order valence-corrected chi connectivity index (χ1v) is 6.04. The SMILES string of the molecule is NNc1ncnc(NCc2ccc(F)c(Cl)c2)c1[N+](=O)[O-]. The van der Waals surface area contributed by atoms with Gasteiger partial charge in [0.25, 0.3) is 0 Å². The Morgan fingerprint density at radius 2 is 2.10 bits per heavy atom. The van der Waals surface area contributed by atoms with Crippen LogP contribution in [0.25, 0.3) is 0 Å². The summed E-state index contributed by atoms with van der Waals surface area (Å²) in [6, 6.07) is 4.13. The summed E-state index contributed by atoms with van der Waals surface area (Å²) in [6.45, 7) is 0.169. The lowest BCUT2D eigenvalue weighted by Crippen LogP contribution is -2.13. The average molecular weight is 313 g/mol. The molecule has 0 saturated heterocycles. The highest BCUT2D eigenvalue weighted by Crippen LogP contribution is 2.28. The molecular weight excluding hydrogens is 303 g/mol. The minimum absolute atomic E-state index is 0.0107. The molecule has 8 nitrogen and oxygen atoms in total. The molecule has 10 heteroatoms. The Hall–Kier alpha value is -2.52. The van der Waals surface area contributed by atoms with E-state index in [1.807, 2.05) is 0 Å². The van der Waals surface area contributed by atoms with Gasteiger partial charge in [0.05, 0.1) is 9.95 Å². The molecule has 0 aliphatic carbocycles. The molecule has 4 N–H and O–H groups in total. The third kappa shape index (κ3) is 3.33. The van der Waals surface area contributed by atoms with Crippen LogP contribution in [0.5, 0.6) is 0 Å². The van der Waals surface area contributed by atoms with E-state index in [4.69, 9.17) is 17.4 Å². The van der Waals surface area contributed by atoms with Crippen molar-refractivity contribution in [2.24, 2.45) is 5.84 Å². The van der Waals surface area contributed by atoms with Crippen LogP contribution in [0.4, 0.5) is 21.7 Å². The predicted molar refractivity (Wildman–Crippen MR) is 75.2 cm³/mol. The molecule has 0 spiro atoms. The number of hydrogen-bond donors (Lipinski definition) is 3. The number of aromatic nitrogens is 2. The number of nitrogens with two attached hydrogens (primary N) is 1. The Balaban J connectivity index is 2.23. The standard InChI is InChI=1S/C11H10ClFN6O2/c12-7-3-6(1-2-8(7)13)4-15-10-9(19(20)21)11(18-14)17-5-16-10/h1-3,5H,4,14H2,(H2,15,16,17,18). The third-order valence-corrected chi connectivity index (χ3v) is 2.88. The van der Waals surface area contributed by atoms with Crippen molar-refractivity contribution in [1.82, 2.24) is 9.97 Å². The summed E-state index contributed by atoms with van der Waals surface area (Å²) in [5, 5.41) is 13.8. The van der Waals surface area contributed by atoms with Crippen LogP contribution in [0.15, 0.2) is 24.5 Å². The van der Waals surface area contributed by atoms with E-state index >= 15 is 0 Å². The number of halogens is 2. The van der Waals surface area contributed by atoms with E-state index in [1.165, 1.54) is 18.2 Å². The van der Waals surface area contributed by atoms with Crippen LogP contribution in [-0.2, 0) is 6.54 Å². The zero-order chi connectivity index (χ0) is 15.4. The molecule has 0 unspecified atom stereocenters. The first-order valence-electron chi connectivity index (χ1n) is 5.66. The van der Waals surface area contributed by atoms with Gasteiger partial charge in [-0.15, -0.1) is 0 Å². The molecule has 1 aromatic heterocycles. The van der Waals surface area contributed by atoms with Crippen molar-refractivity contribution < 1.29 is 9.31 Å². The summed E-state index contributed by atoms with van der Waals surface area (Å²) < 4.78 is 13.0. The molecule has 1 heterocycles. The Labute approximate surface area is 123 Å². The van der Waals surface area contributed by atoms with Gasteiger partial charge in [0.1, 0.15) is 12.1 Å². The van der Waals surface area contributed by atoms with Gasteiger partial charge in [-0.1, -0.05) is 17.7 Å². The number of hydrazine groups is 1. The number of nitrogens with zero attached hydrogens (tertiary/aromatic N) is 3. The molecular formula is C11H10ClFN6O2. The largest absolute Gasteiger partial charge is 0.360 e. The second kappa shape index (κ2) is 6.29. The number of nitro groups is 1. The number of hydrogen-bond acceptors (Lipinski definition) is 7. The minimum Gasteiger partial charge on any atom is -0.360 e. The second-order valence-corrected chi connectivity index (χ2v) is 4.33. The summed E-state index contributed by atoms with van der Waals surface area (Å²) in [6.07, 6.45) is 1.13. The van der Waals surface area contributed by atoms with Crippen LogP contribution in [0.3, 0.4) is 0 Å². The first-order chi connectivity index (χ1) is 10.0. The summed E-state index contributed by atoms with van der Waals surface area (Å²) >= 11 is 5.66. The van der Waals surface area contributed by atoms with Gasteiger partial charge >= 0.3 is 5.69 Å². The van der Waals surface area contributed by atoms with Crippen molar-refractivity contribution in [3.63, 3.8) is 0 Å². The Morgan fingerprint density at radius 1 is 1.38 bits per heavy atom. The van der Waals surface area contributed by atoms with Gasteiger partial charge in [0, 0.05) is 6.54 Å². The van der Waals surface area contributed by atoms with Crippen LogP contribution in [-0.4, -0.2) is 14.9 Å². The maximum Gasteiger partial charge on any atom is 0.354 e. The number of nitrogens with one attached hydrogen (secondary N) is 2. The van der Waals surface area contributed by atoms with E-state index in [0.717, 1.165) is 6.33 Å². The molecule has 0 atom stereocenters. The molecule has 0 aliphatic rings. The van der Waals surface area contributed by atoms with Gasteiger partial charge in [0.2, 0.25) is 11.6 Å². The Morgan fingerprint density at radius 3 is 2.71 bits per heavy atom. The number of benzene rings is 1. The zero-order valence-electron chi connectivity index (χ0n) is 10.5. The Kier molecular flexibility index (Phi) is 4.45. The minimum atomic E-state index is -0.658. The highest BCUT2D eigenvalue weighted by molar-refractivity contribution is 6.30. The van der Waals surface area contributed by atoms with Crippen LogP contribution in [0.2, 0.25) is 5.02 Å². The van der Waals surface area contributed by atoms with Crippen molar-refractivity contribution in [2.75, 3.05) is 10.7 Å². The molecule has 0 bridgehead atoms. The van der Waals surface area contributed by atoms with E-state index in [-0.39, 0.29) is 28.9 Å². The molecule has 21 heavy (non-hydrogen) atoms. The van der Waals surface area contributed by atoms with Crippen LogP contribution >= 0.6 is 11.6 Å². The second-order valence-electron chi connectivity index (χ2n) is 3.92. The molecule has 0 amide bonds. The van der Waals surface area contributed by atoms with Crippen molar-refractivity contribution in [2.45, 2.75) is 6.54 Å². The normalized spacial score (nSPS) is 10.2. The van der Waals surface area contributed by atoms with Crippen LogP contribution < -0.4 is 16.6 Å². The van der Waals surface area contributed by atoms with Gasteiger partial charge < -0.3 is 10.7 Å². The predicted octanol–water partition coefficient (Wildman–Crippen LogP) is 2.07. The maximum atomic E-state index is 13.0. The lowest BCUT2D eigenvalue weighted by Gasteiger charge is -2.08. The smallest absolute Gasteiger partial charge is 0.354 e. The molecule has 2 rings (SSSR count). The van der Waals surface area contributed by atoms with Crippen molar-refractivity contribution in [3.05, 3.63) is 51.0 Å². The van der Waals surface area contributed by atoms with Crippen LogP contribution in [0.1, 0.15) is 5.56 Å². The molecule has 110 valence electrons. The lowest BCUT2D eigenvalue weighted by molar-refractivity contribution is -0.383. The Bertz CT molecular complexity index is 684. The lowest BCUT2D eigenvalue weighted by atomic mass is 10.2. The molecule has 0 radical (unpaired) electrons. The van der Waals surface area contributed by atoms with Gasteiger partial charge in [-0.25, -0.2) is 20.2 Å². The van der Waals surface area contributed by atoms with Crippen molar-refractivity contribution in [1.29, 1.82) is 0 Å². The maximum absolute atomic E-state index is 13.0. The van der Waals surface area contributed by atoms with Gasteiger partial charge in [-0.3, -0.25) is 10.1 Å². The van der Waals surface area contributed by atoms with Crippen LogP contribution in [0, 0.1) is 15.9 Å². The number of rotatable bonds is 5. The first kappa shape index (κ1) is 14.9. The third-order valence-electron chi connectivity index (χ3n) is 2.59. The fraction of sp³-hybridized carbons (Fsp3) is 0.0909. The monoisotopic (exact) mass is 312 g/mol. The molecule has 0 aliphatic heterocycles. The van der Waals surface area contributed by atoms with Gasteiger partial charge in [-0.2, -0.15) is 0 Å². The average Bonchev–Trinajstić information content (AvgIpc) is 2.47. The van der Waals surface area contributed by atoms with E-state index in [9.17, 15) is 14.5 Å². The summed E-state index contributed by atoms with van der Waals surface area (Å²) in [4.78, 5) is 17.8. The van der Waals surface area contributed by atoms with E-state index in [2.05, 4.69) is 20.7 Å². The zero-order valence-corrected chi connectivity index (χ0v) is 11.3.